The van der Waals surface area contributed by atoms with E-state index in [2.05, 4.69) is 5.32 Å². The van der Waals surface area contributed by atoms with E-state index in [9.17, 15) is 9.59 Å². The number of nitrogens with one attached hydrogen (secondary N) is 1. The fourth-order valence-corrected chi connectivity index (χ4v) is 2.46. The van der Waals surface area contributed by atoms with Gasteiger partial charge >= 0.3 is 0 Å². The molecule has 1 N–H and O–H groups in total. The van der Waals surface area contributed by atoms with Gasteiger partial charge in [-0.15, -0.1) is 0 Å². The molecular formula is C20H21ClN2O2. The van der Waals surface area contributed by atoms with Crippen LogP contribution in [0.1, 0.15) is 18.1 Å². The third-order valence-electron chi connectivity index (χ3n) is 3.67. The van der Waals surface area contributed by atoms with E-state index in [0.717, 1.165) is 11.1 Å². The van der Waals surface area contributed by atoms with Crippen LogP contribution in [-0.4, -0.2) is 29.8 Å². The Bertz CT molecular complexity index is 742. The van der Waals surface area contributed by atoms with Gasteiger partial charge in [-0.05, 0) is 36.3 Å². The van der Waals surface area contributed by atoms with Crippen molar-refractivity contribution in [2.75, 3.05) is 7.05 Å². The monoisotopic (exact) mass is 356 g/mol. The normalized spacial score (nSPS) is 12.0. The molecule has 0 spiro atoms. The summed E-state index contributed by atoms with van der Waals surface area (Å²) in [5.41, 5.74) is 1.90. The highest BCUT2D eigenvalue weighted by molar-refractivity contribution is 6.30. The Morgan fingerprint density at radius 1 is 1.12 bits per heavy atom. The zero-order valence-corrected chi connectivity index (χ0v) is 15.0. The maximum atomic E-state index is 12.4. The maximum absolute atomic E-state index is 12.4. The molecule has 0 bridgehead atoms. The number of nitrogens with zero attached hydrogens (tertiary/aromatic N) is 1. The molecule has 0 aliphatic heterocycles. The fraction of sp³-hybridized carbons (Fsp3) is 0.200. The average Bonchev–Trinajstić information content (AvgIpc) is 2.62. The van der Waals surface area contributed by atoms with Crippen LogP contribution in [0.5, 0.6) is 0 Å². The first-order valence-corrected chi connectivity index (χ1v) is 8.36. The molecule has 4 nitrogen and oxygen atoms in total. The number of likely N-dealkylation sites (N-methyl/N-ethyl adjacent to an activating group) is 1. The number of amides is 2. The third-order valence-corrected chi connectivity index (χ3v) is 3.92. The van der Waals surface area contributed by atoms with E-state index in [4.69, 9.17) is 11.6 Å². The largest absolute Gasteiger partial charge is 0.341 e. The average molecular weight is 357 g/mol. The van der Waals surface area contributed by atoms with Crippen LogP contribution in [0.2, 0.25) is 5.02 Å². The Kier molecular flexibility index (Phi) is 6.78. The first kappa shape index (κ1) is 18.7. The smallest absolute Gasteiger partial charge is 0.244 e. The van der Waals surface area contributed by atoms with Gasteiger partial charge in [-0.2, -0.15) is 0 Å². The molecule has 0 fully saturated rings. The van der Waals surface area contributed by atoms with Crippen LogP contribution in [0, 0.1) is 0 Å². The summed E-state index contributed by atoms with van der Waals surface area (Å²) in [6.07, 6.45) is 3.14. The van der Waals surface area contributed by atoms with Gasteiger partial charge in [-0.25, -0.2) is 0 Å². The second-order valence-corrected chi connectivity index (χ2v) is 6.23. The van der Waals surface area contributed by atoms with Crippen molar-refractivity contribution in [3.05, 3.63) is 76.8 Å². The van der Waals surface area contributed by atoms with Gasteiger partial charge in [-0.1, -0.05) is 54.1 Å². The summed E-state index contributed by atoms with van der Waals surface area (Å²) in [5, 5.41) is 3.34. The topological polar surface area (TPSA) is 49.4 Å². The summed E-state index contributed by atoms with van der Waals surface area (Å²) in [4.78, 5) is 25.9. The molecule has 2 amide bonds. The van der Waals surface area contributed by atoms with Crippen LogP contribution in [-0.2, 0) is 16.1 Å². The Morgan fingerprint density at radius 2 is 1.76 bits per heavy atom. The van der Waals surface area contributed by atoms with Crippen molar-refractivity contribution >= 4 is 29.5 Å². The SMILES string of the molecule is CC(NC(=O)C=Cc1ccccc1)C(=O)N(C)Cc1ccc(Cl)cc1. The molecule has 130 valence electrons. The van der Waals surface area contributed by atoms with Gasteiger partial charge in [0, 0.05) is 24.7 Å². The zero-order valence-electron chi connectivity index (χ0n) is 14.3. The number of carbonyl (C=O) groups excluding carboxylic acids is 2. The fourth-order valence-electron chi connectivity index (χ4n) is 2.33. The first-order chi connectivity index (χ1) is 12.0. The summed E-state index contributed by atoms with van der Waals surface area (Å²) in [6, 6.07) is 16.2. The highest BCUT2D eigenvalue weighted by Crippen LogP contribution is 2.11. The summed E-state index contributed by atoms with van der Waals surface area (Å²) in [5.74, 6) is -0.457. The van der Waals surface area contributed by atoms with Gasteiger partial charge in [0.25, 0.3) is 0 Å². The lowest BCUT2D eigenvalue weighted by Gasteiger charge is -2.22. The van der Waals surface area contributed by atoms with Gasteiger partial charge in [0.15, 0.2) is 0 Å². The van der Waals surface area contributed by atoms with E-state index >= 15 is 0 Å². The molecule has 25 heavy (non-hydrogen) atoms. The Balaban J connectivity index is 1.87. The summed E-state index contributed by atoms with van der Waals surface area (Å²) in [7, 11) is 1.71. The predicted octanol–water partition coefficient (Wildman–Crippen LogP) is 3.52. The van der Waals surface area contributed by atoms with Crippen molar-refractivity contribution in [2.24, 2.45) is 0 Å². The Morgan fingerprint density at radius 3 is 2.40 bits per heavy atom. The first-order valence-electron chi connectivity index (χ1n) is 7.99. The lowest BCUT2D eigenvalue weighted by Crippen LogP contribution is -2.44. The van der Waals surface area contributed by atoms with Crippen LogP contribution in [0.4, 0.5) is 0 Å². The van der Waals surface area contributed by atoms with E-state index in [1.54, 1.807) is 37.1 Å². The number of hydrogen-bond acceptors (Lipinski definition) is 2. The summed E-state index contributed by atoms with van der Waals surface area (Å²) >= 11 is 5.86. The standard InChI is InChI=1S/C20H21ClN2O2/c1-15(22-19(24)13-10-16-6-4-3-5-7-16)20(25)23(2)14-17-8-11-18(21)12-9-17/h3-13,15H,14H2,1-2H3,(H,22,24). The summed E-state index contributed by atoms with van der Waals surface area (Å²) < 4.78 is 0. The predicted molar refractivity (Wildman–Crippen MR) is 101 cm³/mol. The Labute approximate surface area is 153 Å². The maximum Gasteiger partial charge on any atom is 0.244 e. The highest BCUT2D eigenvalue weighted by Gasteiger charge is 2.18. The molecule has 2 rings (SSSR count). The lowest BCUT2D eigenvalue weighted by atomic mass is 10.2. The van der Waals surface area contributed by atoms with Crippen molar-refractivity contribution in [3.63, 3.8) is 0 Å². The molecule has 0 aliphatic rings. The van der Waals surface area contributed by atoms with Crippen molar-refractivity contribution in [1.82, 2.24) is 10.2 Å². The molecule has 1 atom stereocenters. The number of carbonyl (C=O) groups is 2. The van der Waals surface area contributed by atoms with Crippen molar-refractivity contribution in [2.45, 2.75) is 19.5 Å². The number of hydrogen-bond donors (Lipinski definition) is 1. The quantitative estimate of drug-likeness (QED) is 0.805. The highest BCUT2D eigenvalue weighted by atomic mass is 35.5. The Hall–Kier alpha value is -2.59. The molecular weight excluding hydrogens is 336 g/mol. The van der Waals surface area contributed by atoms with Gasteiger partial charge in [0.05, 0.1) is 0 Å². The summed E-state index contributed by atoms with van der Waals surface area (Å²) in [6.45, 7) is 2.13. The molecule has 2 aromatic carbocycles. The zero-order chi connectivity index (χ0) is 18.2. The van der Waals surface area contributed by atoms with Gasteiger partial charge < -0.3 is 10.2 Å². The molecule has 0 aromatic heterocycles. The van der Waals surface area contributed by atoms with Crippen LogP contribution in [0.3, 0.4) is 0 Å². The number of rotatable bonds is 6. The van der Waals surface area contributed by atoms with E-state index < -0.39 is 6.04 Å². The number of benzene rings is 2. The molecule has 5 heteroatoms. The molecule has 0 saturated heterocycles. The minimum absolute atomic E-state index is 0.156. The second kappa shape index (κ2) is 9.04. The van der Waals surface area contributed by atoms with Gasteiger partial charge in [-0.3, -0.25) is 9.59 Å². The minimum atomic E-state index is -0.606. The van der Waals surface area contributed by atoms with Crippen LogP contribution >= 0.6 is 11.6 Å². The van der Waals surface area contributed by atoms with E-state index in [1.165, 1.54) is 6.08 Å². The molecule has 2 aromatic rings. The van der Waals surface area contributed by atoms with Gasteiger partial charge in [0.1, 0.15) is 6.04 Å². The van der Waals surface area contributed by atoms with Crippen LogP contribution in [0.15, 0.2) is 60.7 Å². The van der Waals surface area contributed by atoms with E-state index in [0.29, 0.717) is 11.6 Å². The van der Waals surface area contributed by atoms with Crippen molar-refractivity contribution < 1.29 is 9.59 Å². The molecule has 1 unspecified atom stereocenters. The third kappa shape index (κ3) is 6.08. The molecule has 0 aliphatic carbocycles. The van der Waals surface area contributed by atoms with Crippen molar-refractivity contribution in [3.8, 4) is 0 Å². The van der Waals surface area contributed by atoms with Crippen LogP contribution < -0.4 is 5.32 Å². The van der Waals surface area contributed by atoms with E-state index in [1.807, 2.05) is 42.5 Å². The van der Waals surface area contributed by atoms with E-state index in [-0.39, 0.29) is 11.8 Å². The molecule has 0 radical (unpaired) electrons. The lowest BCUT2D eigenvalue weighted by molar-refractivity contribution is -0.134. The van der Waals surface area contributed by atoms with Crippen LogP contribution in [0.25, 0.3) is 6.08 Å². The van der Waals surface area contributed by atoms with Crippen molar-refractivity contribution in [1.29, 1.82) is 0 Å². The van der Waals surface area contributed by atoms with Gasteiger partial charge in [0.2, 0.25) is 11.8 Å². The molecule has 0 heterocycles. The number of halogens is 1. The second-order valence-electron chi connectivity index (χ2n) is 5.80. The molecule has 0 saturated carbocycles. The minimum Gasteiger partial charge on any atom is -0.341 e.